The summed E-state index contributed by atoms with van der Waals surface area (Å²) in [5.74, 6) is -0.189. The Bertz CT molecular complexity index is 420. The number of carbonyl (C=O) groups is 1. The normalized spacial score (nSPS) is 11.9. The van der Waals surface area contributed by atoms with Gasteiger partial charge in [0, 0.05) is 18.2 Å². The van der Waals surface area contributed by atoms with E-state index >= 15 is 0 Å². The van der Waals surface area contributed by atoms with Gasteiger partial charge < -0.3 is 10.6 Å². The molecule has 0 saturated heterocycles. The largest absolute Gasteiger partial charge is 0.350 e. The summed E-state index contributed by atoms with van der Waals surface area (Å²) in [6, 6.07) is 6.03. The standard InChI is InChI=1S/C11H15N3O3/c1-8(12-2)11(15)13-7-9-5-3-4-6-10(9)14(16)17/h3-6,8,12H,7H2,1-2H3,(H,13,15). The second-order valence-corrected chi connectivity index (χ2v) is 3.61. The van der Waals surface area contributed by atoms with Crippen molar-refractivity contribution in [3.05, 3.63) is 39.9 Å². The summed E-state index contributed by atoms with van der Waals surface area (Å²) in [5.41, 5.74) is 0.513. The molecule has 0 aromatic heterocycles. The first kappa shape index (κ1) is 13.1. The third-order valence-corrected chi connectivity index (χ3v) is 2.47. The van der Waals surface area contributed by atoms with E-state index in [4.69, 9.17) is 0 Å². The average molecular weight is 237 g/mol. The van der Waals surface area contributed by atoms with Gasteiger partial charge >= 0.3 is 0 Å². The van der Waals surface area contributed by atoms with E-state index in [1.807, 2.05) is 0 Å². The number of carbonyl (C=O) groups excluding carboxylic acids is 1. The number of hydrogen-bond donors (Lipinski definition) is 2. The maximum atomic E-state index is 11.5. The van der Waals surface area contributed by atoms with Gasteiger partial charge in [-0.1, -0.05) is 18.2 Å². The van der Waals surface area contributed by atoms with Gasteiger partial charge in [0.2, 0.25) is 5.91 Å². The van der Waals surface area contributed by atoms with E-state index < -0.39 is 4.92 Å². The maximum absolute atomic E-state index is 11.5. The van der Waals surface area contributed by atoms with Gasteiger partial charge in [-0.2, -0.15) is 0 Å². The highest BCUT2D eigenvalue weighted by atomic mass is 16.6. The van der Waals surface area contributed by atoms with Crippen molar-refractivity contribution in [1.82, 2.24) is 10.6 Å². The molecule has 1 unspecified atom stereocenters. The van der Waals surface area contributed by atoms with Crippen molar-refractivity contribution in [3.8, 4) is 0 Å². The first-order valence-electron chi connectivity index (χ1n) is 5.23. The number of rotatable bonds is 5. The van der Waals surface area contributed by atoms with E-state index in [9.17, 15) is 14.9 Å². The molecule has 0 saturated carbocycles. The van der Waals surface area contributed by atoms with Crippen LogP contribution in [0.25, 0.3) is 0 Å². The van der Waals surface area contributed by atoms with Gasteiger partial charge in [0.1, 0.15) is 0 Å². The van der Waals surface area contributed by atoms with E-state index in [0.29, 0.717) is 5.56 Å². The molecular formula is C11H15N3O3. The number of nitrogens with zero attached hydrogens (tertiary/aromatic N) is 1. The van der Waals surface area contributed by atoms with Crippen LogP contribution in [-0.2, 0) is 11.3 Å². The molecule has 1 aromatic rings. The third kappa shape index (κ3) is 3.53. The van der Waals surface area contributed by atoms with E-state index in [1.54, 1.807) is 32.2 Å². The summed E-state index contributed by atoms with van der Waals surface area (Å²) in [4.78, 5) is 21.8. The molecule has 0 heterocycles. The van der Waals surface area contributed by atoms with E-state index in [0.717, 1.165) is 0 Å². The number of nitro groups is 1. The zero-order valence-corrected chi connectivity index (χ0v) is 9.77. The maximum Gasteiger partial charge on any atom is 0.274 e. The van der Waals surface area contributed by atoms with Crippen LogP contribution in [0.15, 0.2) is 24.3 Å². The Morgan fingerprint density at radius 2 is 2.12 bits per heavy atom. The molecule has 0 aliphatic carbocycles. The lowest BCUT2D eigenvalue weighted by atomic mass is 10.2. The quantitative estimate of drug-likeness (QED) is 0.586. The van der Waals surface area contributed by atoms with Crippen LogP contribution < -0.4 is 10.6 Å². The molecule has 0 aliphatic rings. The second-order valence-electron chi connectivity index (χ2n) is 3.61. The second kappa shape index (κ2) is 5.95. The van der Waals surface area contributed by atoms with Crippen LogP contribution in [0, 0.1) is 10.1 Å². The minimum atomic E-state index is -0.455. The lowest BCUT2D eigenvalue weighted by Gasteiger charge is -2.10. The Hall–Kier alpha value is -1.95. The Labute approximate surface area is 99.2 Å². The Balaban J connectivity index is 2.69. The summed E-state index contributed by atoms with van der Waals surface area (Å²) in [5, 5.41) is 16.2. The third-order valence-electron chi connectivity index (χ3n) is 2.47. The molecule has 6 heteroatoms. The van der Waals surface area contributed by atoms with Crippen molar-refractivity contribution in [2.75, 3.05) is 7.05 Å². The van der Waals surface area contributed by atoms with Crippen LogP contribution in [0.2, 0.25) is 0 Å². The average Bonchev–Trinajstić information content (AvgIpc) is 2.35. The van der Waals surface area contributed by atoms with E-state index in [-0.39, 0.29) is 24.2 Å². The van der Waals surface area contributed by atoms with Gasteiger partial charge in [0.25, 0.3) is 5.69 Å². The molecular weight excluding hydrogens is 222 g/mol. The van der Waals surface area contributed by atoms with E-state index in [2.05, 4.69) is 10.6 Å². The van der Waals surface area contributed by atoms with Crippen molar-refractivity contribution in [2.24, 2.45) is 0 Å². The molecule has 0 bridgehead atoms. The number of likely N-dealkylation sites (N-methyl/N-ethyl adjacent to an activating group) is 1. The molecule has 1 aromatic carbocycles. The Morgan fingerprint density at radius 1 is 1.47 bits per heavy atom. The van der Waals surface area contributed by atoms with Crippen LogP contribution >= 0.6 is 0 Å². The topological polar surface area (TPSA) is 84.3 Å². The van der Waals surface area contributed by atoms with Crippen LogP contribution in [0.4, 0.5) is 5.69 Å². The monoisotopic (exact) mass is 237 g/mol. The highest BCUT2D eigenvalue weighted by Crippen LogP contribution is 2.16. The SMILES string of the molecule is CNC(C)C(=O)NCc1ccccc1[N+](=O)[O-]. The van der Waals surface area contributed by atoms with Crippen molar-refractivity contribution in [2.45, 2.75) is 19.5 Å². The number of benzene rings is 1. The predicted molar refractivity (Wildman–Crippen MR) is 63.5 cm³/mol. The Kier molecular flexibility index (Phi) is 4.59. The Morgan fingerprint density at radius 3 is 2.71 bits per heavy atom. The molecule has 0 radical (unpaired) electrons. The van der Waals surface area contributed by atoms with Crippen molar-refractivity contribution in [1.29, 1.82) is 0 Å². The summed E-state index contributed by atoms with van der Waals surface area (Å²) < 4.78 is 0. The van der Waals surface area contributed by atoms with Crippen molar-refractivity contribution < 1.29 is 9.72 Å². The van der Waals surface area contributed by atoms with Crippen molar-refractivity contribution >= 4 is 11.6 Å². The minimum Gasteiger partial charge on any atom is -0.350 e. The molecule has 92 valence electrons. The zero-order chi connectivity index (χ0) is 12.8. The molecule has 2 N–H and O–H groups in total. The molecule has 0 fully saturated rings. The number of amides is 1. The number of nitrogens with one attached hydrogen (secondary N) is 2. The molecule has 1 amide bonds. The molecule has 1 atom stereocenters. The van der Waals surface area contributed by atoms with Gasteiger partial charge in [0.05, 0.1) is 11.0 Å². The summed E-state index contributed by atoms with van der Waals surface area (Å²) in [6.07, 6.45) is 0. The number of para-hydroxylation sites is 1. The highest BCUT2D eigenvalue weighted by molar-refractivity contribution is 5.81. The summed E-state index contributed by atoms with van der Waals surface area (Å²) >= 11 is 0. The molecule has 1 rings (SSSR count). The lowest BCUT2D eigenvalue weighted by Crippen LogP contribution is -2.40. The van der Waals surface area contributed by atoms with Gasteiger partial charge in [-0.25, -0.2) is 0 Å². The van der Waals surface area contributed by atoms with Gasteiger partial charge in [-0.05, 0) is 14.0 Å². The lowest BCUT2D eigenvalue weighted by molar-refractivity contribution is -0.385. The van der Waals surface area contributed by atoms with Crippen LogP contribution in [0.5, 0.6) is 0 Å². The predicted octanol–water partition coefficient (Wildman–Crippen LogP) is 0.819. The number of nitro benzene ring substituents is 1. The minimum absolute atomic E-state index is 0.0184. The highest BCUT2D eigenvalue weighted by Gasteiger charge is 2.14. The zero-order valence-electron chi connectivity index (χ0n) is 9.77. The fraction of sp³-hybridized carbons (Fsp3) is 0.364. The molecule has 17 heavy (non-hydrogen) atoms. The van der Waals surface area contributed by atoms with Crippen LogP contribution in [0.3, 0.4) is 0 Å². The fourth-order valence-electron chi connectivity index (χ4n) is 1.30. The summed E-state index contributed by atoms with van der Waals surface area (Å²) in [7, 11) is 1.68. The van der Waals surface area contributed by atoms with Gasteiger partial charge in [0.15, 0.2) is 0 Å². The molecule has 0 spiro atoms. The van der Waals surface area contributed by atoms with Gasteiger partial charge in [-0.15, -0.1) is 0 Å². The van der Waals surface area contributed by atoms with Crippen LogP contribution in [0.1, 0.15) is 12.5 Å². The van der Waals surface area contributed by atoms with Crippen molar-refractivity contribution in [3.63, 3.8) is 0 Å². The first-order chi connectivity index (χ1) is 8.06. The smallest absolute Gasteiger partial charge is 0.274 e. The molecule has 0 aliphatic heterocycles. The first-order valence-corrected chi connectivity index (χ1v) is 5.23. The number of hydrogen-bond acceptors (Lipinski definition) is 4. The molecule has 6 nitrogen and oxygen atoms in total. The summed E-state index contributed by atoms with van der Waals surface area (Å²) in [6.45, 7) is 1.87. The van der Waals surface area contributed by atoms with Crippen LogP contribution in [-0.4, -0.2) is 23.9 Å². The van der Waals surface area contributed by atoms with Gasteiger partial charge in [-0.3, -0.25) is 14.9 Å². The van der Waals surface area contributed by atoms with E-state index in [1.165, 1.54) is 6.07 Å². The fourth-order valence-corrected chi connectivity index (χ4v) is 1.30.